The zero-order valence-corrected chi connectivity index (χ0v) is 12.7. The number of halogens is 1. The van der Waals surface area contributed by atoms with E-state index in [0.717, 1.165) is 41.7 Å². The van der Waals surface area contributed by atoms with Gasteiger partial charge in [-0.2, -0.15) is 5.10 Å². The molecule has 0 spiro atoms. The quantitative estimate of drug-likeness (QED) is 0.767. The lowest BCUT2D eigenvalue weighted by atomic mass is 10.2. The number of anilines is 2. The van der Waals surface area contributed by atoms with Crippen LogP contribution in [-0.4, -0.2) is 16.4 Å². The van der Waals surface area contributed by atoms with Crippen molar-refractivity contribution in [1.29, 1.82) is 0 Å². The third-order valence-corrected chi connectivity index (χ3v) is 4.16. The van der Waals surface area contributed by atoms with E-state index < -0.39 is 0 Å². The molecule has 0 saturated carbocycles. The van der Waals surface area contributed by atoms with Crippen molar-refractivity contribution in [2.45, 2.75) is 25.5 Å². The molecule has 2 aromatic carbocycles. The Balaban J connectivity index is 1.60. The molecule has 0 amide bonds. The first kappa shape index (κ1) is 14.2. The standard InChI is InChI=1S/C18H18FN3O/c19-14-4-6-15(7-5-14)21-16-8-9-17-13(11-16)12-20-22(17)18-3-1-2-10-23-18/h4-9,11-12,18,21H,1-3,10H2. The van der Waals surface area contributed by atoms with Crippen LogP contribution in [-0.2, 0) is 4.74 Å². The minimum atomic E-state index is -0.236. The second kappa shape index (κ2) is 6.01. The first-order valence-corrected chi connectivity index (χ1v) is 7.91. The van der Waals surface area contributed by atoms with E-state index in [1.165, 1.54) is 18.6 Å². The number of nitrogens with one attached hydrogen (secondary N) is 1. The van der Waals surface area contributed by atoms with Crippen LogP contribution in [0.1, 0.15) is 25.5 Å². The molecule has 4 nitrogen and oxygen atoms in total. The molecule has 2 heterocycles. The van der Waals surface area contributed by atoms with Gasteiger partial charge in [0, 0.05) is 23.4 Å². The number of hydrogen-bond donors (Lipinski definition) is 1. The highest BCUT2D eigenvalue weighted by Gasteiger charge is 2.18. The Kier molecular flexibility index (Phi) is 3.71. The molecule has 4 rings (SSSR count). The lowest BCUT2D eigenvalue weighted by Gasteiger charge is -2.23. The van der Waals surface area contributed by atoms with Crippen molar-refractivity contribution in [2.75, 3.05) is 11.9 Å². The molecule has 0 radical (unpaired) electrons. The Labute approximate surface area is 133 Å². The molecule has 0 bridgehead atoms. The van der Waals surface area contributed by atoms with E-state index in [1.54, 1.807) is 12.1 Å². The van der Waals surface area contributed by atoms with E-state index in [4.69, 9.17) is 4.74 Å². The molecule has 1 aliphatic heterocycles. The molecule has 5 heteroatoms. The molecule has 0 aliphatic carbocycles. The molecular formula is C18H18FN3O. The highest BCUT2D eigenvalue weighted by molar-refractivity contribution is 5.83. The number of hydrogen-bond acceptors (Lipinski definition) is 3. The predicted molar refractivity (Wildman–Crippen MR) is 88.3 cm³/mol. The van der Waals surface area contributed by atoms with Gasteiger partial charge in [0.15, 0.2) is 6.23 Å². The van der Waals surface area contributed by atoms with Crippen LogP contribution in [0.4, 0.5) is 15.8 Å². The smallest absolute Gasteiger partial charge is 0.150 e. The van der Waals surface area contributed by atoms with Crippen LogP contribution in [0.25, 0.3) is 10.9 Å². The van der Waals surface area contributed by atoms with Gasteiger partial charge in [0.1, 0.15) is 5.82 Å². The molecule has 23 heavy (non-hydrogen) atoms. The predicted octanol–water partition coefficient (Wildman–Crippen LogP) is 4.62. The van der Waals surface area contributed by atoms with Crippen molar-refractivity contribution in [3.8, 4) is 0 Å². The van der Waals surface area contributed by atoms with Gasteiger partial charge in [-0.3, -0.25) is 0 Å². The summed E-state index contributed by atoms with van der Waals surface area (Å²) in [7, 11) is 0. The monoisotopic (exact) mass is 311 g/mol. The Morgan fingerprint density at radius 3 is 2.70 bits per heavy atom. The van der Waals surface area contributed by atoms with Gasteiger partial charge in [0.2, 0.25) is 0 Å². The fourth-order valence-corrected chi connectivity index (χ4v) is 2.98. The van der Waals surface area contributed by atoms with Gasteiger partial charge in [0.05, 0.1) is 11.7 Å². The summed E-state index contributed by atoms with van der Waals surface area (Å²) in [6, 6.07) is 12.4. The lowest BCUT2D eigenvalue weighted by Crippen LogP contribution is -2.18. The Morgan fingerprint density at radius 2 is 1.91 bits per heavy atom. The Morgan fingerprint density at radius 1 is 1.09 bits per heavy atom. The minimum Gasteiger partial charge on any atom is -0.356 e. The maximum atomic E-state index is 13.0. The number of rotatable bonds is 3. The molecule has 1 N–H and O–H groups in total. The SMILES string of the molecule is Fc1ccc(Nc2ccc3c(cnn3C3CCCCO3)c2)cc1. The van der Waals surface area contributed by atoms with E-state index in [0.29, 0.717) is 0 Å². The average Bonchev–Trinajstić information content (AvgIpc) is 3.01. The topological polar surface area (TPSA) is 39.1 Å². The molecule has 1 atom stereocenters. The van der Waals surface area contributed by atoms with Gasteiger partial charge in [-0.25, -0.2) is 9.07 Å². The van der Waals surface area contributed by atoms with Crippen LogP contribution in [0.3, 0.4) is 0 Å². The molecular weight excluding hydrogens is 293 g/mol. The number of fused-ring (bicyclic) bond motifs is 1. The summed E-state index contributed by atoms with van der Waals surface area (Å²) in [4.78, 5) is 0. The van der Waals surface area contributed by atoms with Crippen LogP contribution < -0.4 is 5.32 Å². The van der Waals surface area contributed by atoms with Crippen LogP contribution in [0.15, 0.2) is 48.7 Å². The van der Waals surface area contributed by atoms with Crippen molar-refractivity contribution in [1.82, 2.24) is 9.78 Å². The maximum absolute atomic E-state index is 13.0. The summed E-state index contributed by atoms with van der Waals surface area (Å²) >= 11 is 0. The van der Waals surface area contributed by atoms with Crippen LogP contribution >= 0.6 is 0 Å². The second-order valence-corrected chi connectivity index (χ2v) is 5.82. The zero-order chi connectivity index (χ0) is 15.6. The Hall–Kier alpha value is -2.40. The van der Waals surface area contributed by atoms with Crippen molar-refractivity contribution in [3.05, 3.63) is 54.5 Å². The second-order valence-electron chi connectivity index (χ2n) is 5.82. The van der Waals surface area contributed by atoms with Crippen molar-refractivity contribution in [3.63, 3.8) is 0 Å². The van der Waals surface area contributed by atoms with Gasteiger partial charge < -0.3 is 10.1 Å². The van der Waals surface area contributed by atoms with Crippen LogP contribution in [0.5, 0.6) is 0 Å². The molecule has 1 unspecified atom stereocenters. The first-order valence-electron chi connectivity index (χ1n) is 7.91. The van der Waals surface area contributed by atoms with Gasteiger partial charge in [0.25, 0.3) is 0 Å². The largest absolute Gasteiger partial charge is 0.356 e. The van der Waals surface area contributed by atoms with Crippen LogP contribution in [0, 0.1) is 5.82 Å². The first-order chi connectivity index (χ1) is 11.3. The highest BCUT2D eigenvalue weighted by Crippen LogP contribution is 2.28. The molecule has 1 saturated heterocycles. The van der Waals surface area contributed by atoms with E-state index in [1.807, 2.05) is 29.1 Å². The van der Waals surface area contributed by atoms with E-state index in [2.05, 4.69) is 10.4 Å². The van der Waals surface area contributed by atoms with E-state index in [-0.39, 0.29) is 12.0 Å². The van der Waals surface area contributed by atoms with E-state index in [9.17, 15) is 4.39 Å². The normalized spacial score (nSPS) is 18.2. The molecule has 1 aliphatic rings. The summed E-state index contributed by atoms with van der Waals surface area (Å²) in [6.07, 6.45) is 5.21. The average molecular weight is 311 g/mol. The molecule has 1 fully saturated rings. The van der Waals surface area contributed by atoms with Gasteiger partial charge in [-0.05, 0) is 61.7 Å². The molecule has 3 aromatic rings. The zero-order valence-electron chi connectivity index (χ0n) is 12.7. The number of nitrogens with zero attached hydrogens (tertiary/aromatic N) is 2. The highest BCUT2D eigenvalue weighted by atomic mass is 19.1. The maximum Gasteiger partial charge on any atom is 0.150 e. The summed E-state index contributed by atoms with van der Waals surface area (Å²) in [5.74, 6) is -0.236. The summed E-state index contributed by atoms with van der Waals surface area (Å²) < 4.78 is 20.7. The third-order valence-electron chi connectivity index (χ3n) is 4.16. The summed E-state index contributed by atoms with van der Waals surface area (Å²) in [6.45, 7) is 0.802. The molecule has 118 valence electrons. The number of ether oxygens (including phenoxy) is 1. The fraction of sp³-hybridized carbons (Fsp3) is 0.278. The van der Waals surface area contributed by atoms with Crippen LogP contribution in [0.2, 0.25) is 0 Å². The van der Waals surface area contributed by atoms with Gasteiger partial charge in [-0.1, -0.05) is 0 Å². The lowest BCUT2D eigenvalue weighted by molar-refractivity contribution is -0.0366. The van der Waals surface area contributed by atoms with Gasteiger partial charge >= 0.3 is 0 Å². The minimum absolute atomic E-state index is 0.0390. The fourth-order valence-electron chi connectivity index (χ4n) is 2.98. The van der Waals surface area contributed by atoms with Gasteiger partial charge in [-0.15, -0.1) is 0 Å². The van der Waals surface area contributed by atoms with Crippen molar-refractivity contribution < 1.29 is 9.13 Å². The third kappa shape index (κ3) is 2.92. The number of benzene rings is 2. The summed E-state index contributed by atoms with van der Waals surface area (Å²) in [5, 5.41) is 8.83. The van der Waals surface area contributed by atoms with E-state index >= 15 is 0 Å². The Bertz CT molecular complexity index is 807. The number of aromatic nitrogens is 2. The summed E-state index contributed by atoms with van der Waals surface area (Å²) in [5.41, 5.74) is 2.88. The van der Waals surface area contributed by atoms with Crippen molar-refractivity contribution in [2.24, 2.45) is 0 Å². The van der Waals surface area contributed by atoms with Crippen molar-refractivity contribution >= 4 is 22.3 Å². The molecule has 1 aromatic heterocycles.